The van der Waals surface area contributed by atoms with Crippen LogP contribution in [-0.4, -0.2) is 5.25 Å². The fourth-order valence-electron chi connectivity index (χ4n) is 0.896. The van der Waals surface area contributed by atoms with Crippen LogP contribution in [-0.2, 0) is 6.42 Å². The first-order chi connectivity index (χ1) is 5.33. The fourth-order valence-corrected chi connectivity index (χ4v) is 1.11. The summed E-state index contributed by atoms with van der Waals surface area (Å²) in [6, 6.07) is 10.1. The van der Waals surface area contributed by atoms with Gasteiger partial charge in [0.2, 0.25) is 0 Å². The number of terminal acetylenes is 1. The average Bonchev–Trinajstić information content (AvgIpc) is 2.06. The van der Waals surface area contributed by atoms with Crippen LogP contribution in [0.5, 0.6) is 0 Å². The Labute approximate surface area is 73.0 Å². The molecule has 0 fully saturated rings. The smallest absolute Gasteiger partial charge is 0.0664 e. The van der Waals surface area contributed by atoms with E-state index in [1.165, 1.54) is 5.56 Å². The van der Waals surface area contributed by atoms with Gasteiger partial charge >= 0.3 is 0 Å². The highest BCUT2D eigenvalue weighted by Gasteiger charge is 1.97. The highest BCUT2D eigenvalue weighted by Crippen LogP contribution is 2.05. The lowest BCUT2D eigenvalue weighted by molar-refractivity contribution is 1.05. The number of rotatable bonds is 2. The molecule has 56 valence electrons. The predicted molar refractivity (Wildman–Crippen MR) is 51.8 cm³/mol. The van der Waals surface area contributed by atoms with E-state index in [1.807, 2.05) is 18.2 Å². The van der Waals surface area contributed by atoms with E-state index in [1.54, 1.807) is 0 Å². The zero-order valence-electron chi connectivity index (χ0n) is 6.20. The maximum atomic E-state index is 5.19. The Kier molecular flexibility index (Phi) is 3.07. The summed E-state index contributed by atoms with van der Waals surface area (Å²) in [5, 5.41) is 0.0393. The summed E-state index contributed by atoms with van der Waals surface area (Å²) in [5.41, 5.74) is 1.24. The van der Waals surface area contributed by atoms with Crippen LogP contribution in [0.1, 0.15) is 5.56 Å². The van der Waals surface area contributed by atoms with Crippen LogP contribution < -0.4 is 0 Å². The van der Waals surface area contributed by atoms with E-state index in [-0.39, 0.29) is 5.25 Å². The van der Waals surface area contributed by atoms with Gasteiger partial charge in [-0.25, -0.2) is 0 Å². The summed E-state index contributed by atoms with van der Waals surface area (Å²) in [6.45, 7) is 0. The first-order valence-corrected chi connectivity index (χ1v) is 4.02. The lowest BCUT2D eigenvalue weighted by Gasteiger charge is -2.01. The third kappa shape index (κ3) is 2.69. The Hall–Kier alpha value is -0.870. The molecular formula is C10H10S. The minimum absolute atomic E-state index is 0.0393. The maximum absolute atomic E-state index is 5.19. The first kappa shape index (κ1) is 8.23. The van der Waals surface area contributed by atoms with Gasteiger partial charge in [0.15, 0.2) is 0 Å². The Bertz CT molecular complexity index is 245. The van der Waals surface area contributed by atoms with Crippen molar-refractivity contribution in [3.8, 4) is 12.3 Å². The van der Waals surface area contributed by atoms with Crippen LogP contribution in [0.2, 0.25) is 0 Å². The van der Waals surface area contributed by atoms with Gasteiger partial charge in [-0.2, -0.15) is 12.6 Å². The molecule has 0 nitrogen and oxygen atoms in total. The van der Waals surface area contributed by atoms with Gasteiger partial charge < -0.3 is 0 Å². The van der Waals surface area contributed by atoms with Gasteiger partial charge in [-0.15, -0.1) is 6.42 Å². The predicted octanol–water partition coefficient (Wildman–Crippen LogP) is 2.16. The van der Waals surface area contributed by atoms with Crippen molar-refractivity contribution in [3.63, 3.8) is 0 Å². The van der Waals surface area contributed by atoms with Gasteiger partial charge in [-0.3, -0.25) is 0 Å². The molecule has 1 aromatic carbocycles. The Balaban J connectivity index is 2.60. The maximum Gasteiger partial charge on any atom is 0.0664 e. The molecule has 0 saturated carbocycles. The molecule has 0 radical (unpaired) electrons. The van der Waals surface area contributed by atoms with E-state index in [0.717, 1.165) is 6.42 Å². The molecule has 1 atom stereocenters. The van der Waals surface area contributed by atoms with E-state index >= 15 is 0 Å². The molecule has 1 rings (SSSR count). The van der Waals surface area contributed by atoms with E-state index in [9.17, 15) is 0 Å². The van der Waals surface area contributed by atoms with Crippen LogP contribution in [0.25, 0.3) is 0 Å². The average molecular weight is 162 g/mol. The van der Waals surface area contributed by atoms with Crippen LogP contribution in [0.15, 0.2) is 30.3 Å². The van der Waals surface area contributed by atoms with Crippen molar-refractivity contribution in [2.45, 2.75) is 11.7 Å². The Morgan fingerprint density at radius 3 is 2.55 bits per heavy atom. The van der Waals surface area contributed by atoms with Gasteiger partial charge in [-0.1, -0.05) is 36.3 Å². The largest absolute Gasteiger partial charge is 0.162 e. The highest BCUT2D eigenvalue weighted by atomic mass is 32.1. The second-order valence-electron chi connectivity index (χ2n) is 2.37. The second-order valence-corrected chi connectivity index (χ2v) is 3.00. The molecule has 0 aromatic heterocycles. The molecule has 11 heavy (non-hydrogen) atoms. The van der Waals surface area contributed by atoms with E-state index in [2.05, 4.69) is 30.7 Å². The molecule has 0 amide bonds. The SMILES string of the molecule is C#CC(S)Cc1ccccc1. The standard InChI is InChI=1S/C10H10S/c1-2-10(11)8-9-6-4-3-5-7-9/h1,3-7,10-11H,8H2. The molecule has 0 N–H and O–H groups in total. The van der Waals surface area contributed by atoms with Crippen LogP contribution in [0, 0.1) is 12.3 Å². The zero-order chi connectivity index (χ0) is 8.10. The van der Waals surface area contributed by atoms with E-state index in [0.29, 0.717) is 0 Å². The van der Waals surface area contributed by atoms with E-state index in [4.69, 9.17) is 6.42 Å². The van der Waals surface area contributed by atoms with Crippen LogP contribution in [0.4, 0.5) is 0 Å². The molecule has 1 aromatic rings. The molecule has 0 saturated heterocycles. The molecule has 1 heteroatoms. The monoisotopic (exact) mass is 162 g/mol. The normalized spacial score (nSPS) is 12.0. The summed E-state index contributed by atoms with van der Waals surface area (Å²) in [7, 11) is 0. The molecule has 0 aliphatic heterocycles. The molecule has 1 unspecified atom stereocenters. The lowest BCUT2D eigenvalue weighted by atomic mass is 10.1. The Morgan fingerprint density at radius 1 is 1.36 bits per heavy atom. The van der Waals surface area contributed by atoms with Gasteiger partial charge in [0.25, 0.3) is 0 Å². The van der Waals surface area contributed by atoms with Gasteiger partial charge in [0.1, 0.15) is 0 Å². The molecule has 0 heterocycles. The van der Waals surface area contributed by atoms with Gasteiger partial charge in [0.05, 0.1) is 5.25 Å². The van der Waals surface area contributed by atoms with Crippen molar-refractivity contribution in [3.05, 3.63) is 35.9 Å². The number of hydrogen-bond donors (Lipinski definition) is 1. The van der Waals surface area contributed by atoms with Crippen molar-refractivity contribution in [2.75, 3.05) is 0 Å². The highest BCUT2D eigenvalue weighted by molar-refractivity contribution is 7.81. The van der Waals surface area contributed by atoms with Crippen molar-refractivity contribution < 1.29 is 0 Å². The van der Waals surface area contributed by atoms with Gasteiger partial charge in [-0.05, 0) is 12.0 Å². The van der Waals surface area contributed by atoms with Gasteiger partial charge in [0, 0.05) is 0 Å². The summed E-state index contributed by atoms with van der Waals surface area (Å²) >= 11 is 4.21. The quantitative estimate of drug-likeness (QED) is 0.500. The molecular weight excluding hydrogens is 152 g/mol. The van der Waals surface area contributed by atoms with E-state index < -0.39 is 0 Å². The van der Waals surface area contributed by atoms with Crippen molar-refractivity contribution in [1.82, 2.24) is 0 Å². The minimum Gasteiger partial charge on any atom is -0.162 e. The van der Waals surface area contributed by atoms with Crippen molar-refractivity contribution in [1.29, 1.82) is 0 Å². The molecule has 0 spiro atoms. The summed E-state index contributed by atoms with van der Waals surface area (Å²) in [6.07, 6.45) is 6.04. The molecule has 0 aliphatic rings. The van der Waals surface area contributed by atoms with Crippen LogP contribution >= 0.6 is 12.6 Å². The summed E-state index contributed by atoms with van der Waals surface area (Å²) in [4.78, 5) is 0. The fraction of sp³-hybridized carbons (Fsp3) is 0.200. The third-order valence-corrected chi connectivity index (χ3v) is 1.80. The lowest BCUT2D eigenvalue weighted by Crippen LogP contribution is -1.98. The molecule has 0 bridgehead atoms. The summed E-state index contributed by atoms with van der Waals surface area (Å²) in [5.74, 6) is 2.58. The number of thiol groups is 1. The summed E-state index contributed by atoms with van der Waals surface area (Å²) < 4.78 is 0. The first-order valence-electron chi connectivity index (χ1n) is 3.51. The number of hydrogen-bond acceptors (Lipinski definition) is 1. The minimum atomic E-state index is 0.0393. The van der Waals surface area contributed by atoms with Crippen molar-refractivity contribution >= 4 is 12.6 Å². The topological polar surface area (TPSA) is 0 Å². The third-order valence-electron chi connectivity index (χ3n) is 1.46. The second kappa shape index (κ2) is 4.10. The zero-order valence-corrected chi connectivity index (χ0v) is 7.09. The van der Waals surface area contributed by atoms with Crippen LogP contribution in [0.3, 0.4) is 0 Å². The number of benzene rings is 1. The Morgan fingerprint density at radius 2 is 2.00 bits per heavy atom. The molecule has 0 aliphatic carbocycles. The van der Waals surface area contributed by atoms with Crippen molar-refractivity contribution in [2.24, 2.45) is 0 Å².